The normalized spacial score (nSPS) is 10.6. The van der Waals surface area contributed by atoms with E-state index < -0.39 is 0 Å². The predicted molar refractivity (Wildman–Crippen MR) is 90.7 cm³/mol. The molecule has 0 atom stereocenters. The van der Waals surface area contributed by atoms with E-state index in [-0.39, 0.29) is 5.91 Å². The lowest BCUT2D eigenvalue weighted by Gasteiger charge is -2.07. The third-order valence-corrected chi connectivity index (χ3v) is 3.59. The molecule has 0 unspecified atom stereocenters. The lowest BCUT2D eigenvalue weighted by molar-refractivity contribution is 0.102. The molecular formula is C17H13N7O. The summed E-state index contributed by atoms with van der Waals surface area (Å²) in [6, 6.07) is 10.8. The Labute approximate surface area is 142 Å². The Hall–Kier alpha value is -3.81. The minimum atomic E-state index is -0.224. The number of carbonyl (C=O) groups excluding carboxylic acids is 1. The van der Waals surface area contributed by atoms with Crippen LogP contribution in [-0.2, 0) is 0 Å². The molecule has 0 aliphatic heterocycles. The molecule has 0 radical (unpaired) electrons. The standard InChI is InChI=1S/C17H13N7O/c25-17(13-1-6-16(20-9-13)23-8-7-18-11-23)22-14-2-4-15(5-3-14)24-12-19-10-21-24/h1-12H,(H,22,25). The van der Waals surface area contributed by atoms with Gasteiger partial charge in [0.2, 0.25) is 0 Å². The Morgan fingerprint density at radius 1 is 1.00 bits per heavy atom. The van der Waals surface area contributed by atoms with E-state index in [1.54, 1.807) is 46.4 Å². The number of anilines is 1. The molecular weight excluding hydrogens is 318 g/mol. The molecule has 1 N–H and O–H groups in total. The van der Waals surface area contributed by atoms with E-state index in [0.717, 1.165) is 5.69 Å². The molecule has 3 aromatic heterocycles. The van der Waals surface area contributed by atoms with Crippen LogP contribution in [0.15, 0.2) is 74.0 Å². The predicted octanol–water partition coefficient (Wildman–Crippen LogP) is 2.10. The number of carbonyl (C=O) groups is 1. The number of hydrogen-bond acceptors (Lipinski definition) is 5. The lowest BCUT2D eigenvalue weighted by atomic mass is 10.2. The first kappa shape index (κ1) is 14.8. The fourth-order valence-corrected chi connectivity index (χ4v) is 2.31. The highest BCUT2D eigenvalue weighted by molar-refractivity contribution is 6.04. The van der Waals surface area contributed by atoms with Crippen molar-refractivity contribution >= 4 is 11.6 Å². The van der Waals surface area contributed by atoms with Gasteiger partial charge in [-0.1, -0.05) is 0 Å². The summed E-state index contributed by atoms with van der Waals surface area (Å²) in [6.07, 6.45) is 9.73. The van der Waals surface area contributed by atoms with Crippen molar-refractivity contribution < 1.29 is 4.79 Å². The summed E-state index contributed by atoms with van der Waals surface area (Å²) in [5.41, 5.74) is 2.03. The smallest absolute Gasteiger partial charge is 0.257 e. The molecule has 0 aliphatic carbocycles. The number of aromatic nitrogens is 6. The summed E-state index contributed by atoms with van der Waals surface area (Å²) in [6.45, 7) is 0. The summed E-state index contributed by atoms with van der Waals surface area (Å²) < 4.78 is 3.41. The van der Waals surface area contributed by atoms with Gasteiger partial charge in [0.25, 0.3) is 5.91 Å². The molecule has 0 bridgehead atoms. The van der Waals surface area contributed by atoms with Gasteiger partial charge >= 0.3 is 0 Å². The molecule has 0 fully saturated rings. The summed E-state index contributed by atoms with van der Waals surface area (Å²) in [5, 5.41) is 6.90. The number of pyridine rings is 1. The zero-order valence-corrected chi connectivity index (χ0v) is 13.0. The average molecular weight is 331 g/mol. The van der Waals surface area contributed by atoms with Crippen molar-refractivity contribution in [1.29, 1.82) is 0 Å². The molecule has 0 aliphatic rings. The van der Waals surface area contributed by atoms with E-state index in [9.17, 15) is 4.79 Å². The molecule has 0 saturated carbocycles. The molecule has 122 valence electrons. The molecule has 25 heavy (non-hydrogen) atoms. The van der Waals surface area contributed by atoms with Gasteiger partial charge in [-0.05, 0) is 36.4 Å². The summed E-state index contributed by atoms with van der Waals surface area (Å²) >= 11 is 0. The largest absolute Gasteiger partial charge is 0.322 e. The number of amides is 1. The molecule has 0 saturated heterocycles. The van der Waals surface area contributed by atoms with Gasteiger partial charge < -0.3 is 5.32 Å². The van der Waals surface area contributed by atoms with Crippen molar-refractivity contribution in [3.63, 3.8) is 0 Å². The SMILES string of the molecule is O=C(Nc1ccc(-n2cncn2)cc1)c1ccc(-n2ccnc2)nc1. The van der Waals surface area contributed by atoms with E-state index in [2.05, 4.69) is 25.4 Å². The van der Waals surface area contributed by atoms with Crippen LogP contribution in [0.4, 0.5) is 5.69 Å². The first-order chi connectivity index (χ1) is 12.3. The highest BCUT2D eigenvalue weighted by Crippen LogP contribution is 2.14. The third-order valence-electron chi connectivity index (χ3n) is 3.59. The minimum Gasteiger partial charge on any atom is -0.322 e. The number of hydrogen-bond donors (Lipinski definition) is 1. The molecule has 1 aromatic carbocycles. The first-order valence-electron chi connectivity index (χ1n) is 7.50. The zero-order valence-electron chi connectivity index (χ0n) is 13.0. The zero-order chi connectivity index (χ0) is 17.1. The maximum absolute atomic E-state index is 12.3. The molecule has 4 rings (SSSR count). The monoisotopic (exact) mass is 331 g/mol. The van der Waals surface area contributed by atoms with Gasteiger partial charge in [0, 0.05) is 24.3 Å². The number of nitrogens with one attached hydrogen (secondary N) is 1. The Balaban J connectivity index is 1.46. The van der Waals surface area contributed by atoms with Crippen molar-refractivity contribution in [3.8, 4) is 11.5 Å². The van der Waals surface area contributed by atoms with Gasteiger partial charge in [-0.2, -0.15) is 5.10 Å². The van der Waals surface area contributed by atoms with Gasteiger partial charge in [-0.15, -0.1) is 0 Å². The van der Waals surface area contributed by atoms with Crippen molar-refractivity contribution in [2.45, 2.75) is 0 Å². The fourth-order valence-electron chi connectivity index (χ4n) is 2.31. The summed E-state index contributed by atoms with van der Waals surface area (Å²) in [7, 11) is 0. The van der Waals surface area contributed by atoms with Crippen LogP contribution in [0.1, 0.15) is 10.4 Å². The van der Waals surface area contributed by atoms with E-state index in [0.29, 0.717) is 17.1 Å². The molecule has 4 aromatic rings. The van der Waals surface area contributed by atoms with Crippen molar-refractivity contribution in [3.05, 3.63) is 79.5 Å². The van der Waals surface area contributed by atoms with Gasteiger partial charge in [0.15, 0.2) is 0 Å². The lowest BCUT2D eigenvalue weighted by Crippen LogP contribution is -2.12. The Bertz CT molecular complexity index is 959. The minimum absolute atomic E-state index is 0.224. The number of rotatable bonds is 4. The molecule has 8 nitrogen and oxygen atoms in total. The maximum Gasteiger partial charge on any atom is 0.257 e. The third kappa shape index (κ3) is 3.13. The van der Waals surface area contributed by atoms with Gasteiger partial charge in [-0.25, -0.2) is 19.6 Å². The van der Waals surface area contributed by atoms with E-state index in [1.165, 1.54) is 12.5 Å². The Morgan fingerprint density at radius 3 is 2.52 bits per heavy atom. The van der Waals surface area contributed by atoms with E-state index in [1.807, 2.05) is 24.3 Å². The van der Waals surface area contributed by atoms with Crippen LogP contribution < -0.4 is 5.32 Å². The van der Waals surface area contributed by atoms with Crippen LogP contribution in [0.5, 0.6) is 0 Å². The molecule has 1 amide bonds. The Kier molecular flexibility index (Phi) is 3.76. The molecule has 3 heterocycles. The quantitative estimate of drug-likeness (QED) is 0.618. The second-order valence-corrected chi connectivity index (χ2v) is 5.22. The summed E-state index contributed by atoms with van der Waals surface area (Å²) in [4.78, 5) is 24.5. The molecule has 8 heteroatoms. The van der Waals surface area contributed by atoms with E-state index >= 15 is 0 Å². The van der Waals surface area contributed by atoms with E-state index in [4.69, 9.17) is 0 Å². The van der Waals surface area contributed by atoms with Crippen LogP contribution in [0.3, 0.4) is 0 Å². The highest BCUT2D eigenvalue weighted by Gasteiger charge is 2.08. The van der Waals surface area contributed by atoms with Crippen molar-refractivity contribution in [2.75, 3.05) is 5.32 Å². The fraction of sp³-hybridized carbons (Fsp3) is 0. The number of benzene rings is 1. The number of nitrogens with zero attached hydrogens (tertiary/aromatic N) is 6. The van der Waals surface area contributed by atoms with Gasteiger partial charge in [0.05, 0.1) is 11.3 Å². The Morgan fingerprint density at radius 2 is 1.88 bits per heavy atom. The topological polar surface area (TPSA) is 90.5 Å². The highest BCUT2D eigenvalue weighted by atomic mass is 16.1. The first-order valence-corrected chi connectivity index (χ1v) is 7.50. The van der Waals surface area contributed by atoms with Crippen LogP contribution in [0, 0.1) is 0 Å². The van der Waals surface area contributed by atoms with Crippen molar-refractivity contribution in [1.82, 2.24) is 29.3 Å². The second-order valence-electron chi connectivity index (χ2n) is 5.22. The second kappa shape index (κ2) is 6.36. The van der Waals surface area contributed by atoms with Crippen LogP contribution >= 0.6 is 0 Å². The van der Waals surface area contributed by atoms with Crippen LogP contribution in [0.2, 0.25) is 0 Å². The van der Waals surface area contributed by atoms with Gasteiger partial charge in [-0.3, -0.25) is 9.36 Å². The summed E-state index contributed by atoms with van der Waals surface area (Å²) in [5.74, 6) is 0.476. The number of imidazole rings is 1. The molecule has 0 spiro atoms. The van der Waals surface area contributed by atoms with Gasteiger partial charge in [0.1, 0.15) is 24.8 Å². The van der Waals surface area contributed by atoms with Crippen LogP contribution in [0.25, 0.3) is 11.5 Å². The van der Waals surface area contributed by atoms with Crippen LogP contribution in [-0.4, -0.2) is 35.2 Å². The average Bonchev–Trinajstić information content (AvgIpc) is 3.36. The van der Waals surface area contributed by atoms with Crippen molar-refractivity contribution in [2.24, 2.45) is 0 Å². The maximum atomic E-state index is 12.3.